The van der Waals surface area contributed by atoms with E-state index in [1.165, 1.54) is 20.7 Å². The highest BCUT2D eigenvalue weighted by atomic mass is 28.4. The highest BCUT2D eigenvalue weighted by molar-refractivity contribution is 7.00. The fourth-order valence-electron chi connectivity index (χ4n) is 7.58. The third kappa shape index (κ3) is 8.93. The minimum atomic E-state index is -2.64. The number of aldehydes is 1. The van der Waals surface area contributed by atoms with Crippen LogP contribution in [0.4, 0.5) is 5.69 Å². The van der Waals surface area contributed by atoms with Crippen molar-refractivity contribution in [3.63, 3.8) is 0 Å². The summed E-state index contributed by atoms with van der Waals surface area (Å²) in [6.45, 7) is 16.2. The van der Waals surface area contributed by atoms with Gasteiger partial charge >= 0.3 is 0 Å². The quantitative estimate of drug-likeness (QED) is 0.0546. The van der Waals surface area contributed by atoms with Crippen molar-refractivity contribution in [2.45, 2.75) is 64.5 Å². The van der Waals surface area contributed by atoms with Crippen molar-refractivity contribution in [1.82, 2.24) is 0 Å². The number of hydrogen-bond acceptors (Lipinski definition) is 5. The van der Waals surface area contributed by atoms with Crippen LogP contribution in [0.3, 0.4) is 0 Å². The fourth-order valence-corrected chi connectivity index (χ4v) is 16.7. The lowest BCUT2D eigenvalue weighted by Crippen LogP contribution is -2.67. The van der Waals surface area contributed by atoms with Crippen LogP contribution in [0.2, 0.25) is 10.1 Å². The lowest BCUT2D eigenvalue weighted by Gasteiger charge is -2.43. The molecule has 7 heteroatoms. The molecule has 0 saturated heterocycles. The second-order valence-electron chi connectivity index (χ2n) is 15.8. The Morgan fingerprint density at radius 3 is 1.34 bits per heavy atom. The van der Waals surface area contributed by atoms with Crippen LogP contribution in [0.5, 0.6) is 5.75 Å². The topological polar surface area (TPSA) is 48.0 Å². The summed E-state index contributed by atoms with van der Waals surface area (Å²) in [5.41, 5.74) is 1.53. The largest absolute Gasteiger partial charge is 0.493 e. The van der Waals surface area contributed by atoms with E-state index in [1.807, 2.05) is 18.2 Å². The van der Waals surface area contributed by atoms with Crippen molar-refractivity contribution in [3.05, 3.63) is 145 Å². The summed E-state index contributed by atoms with van der Waals surface area (Å²) in [4.78, 5) is 14.2. The van der Waals surface area contributed by atoms with E-state index < -0.39 is 16.6 Å². The van der Waals surface area contributed by atoms with Gasteiger partial charge in [0.25, 0.3) is 16.6 Å². The first-order valence-electron chi connectivity index (χ1n) is 18.9. The van der Waals surface area contributed by atoms with Crippen molar-refractivity contribution in [2.24, 2.45) is 0 Å². The van der Waals surface area contributed by atoms with Gasteiger partial charge < -0.3 is 18.5 Å². The zero-order valence-electron chi connectivity index (χ0n) is 32.7. The van der Waals surface area contributed by atoms with E-state index in [0.29, 0.717) is 37.7 Å². The molecule has 0 aliphatic carbocycles. The average molecular weight is 744 g/mol. The summed E-state index contributed by atoms with van der Waals surface area (Å²) in [5, 5.41) is 4.94. The summed E-state index contributed by atoms with van der Waals surface area (Å²) >= 11 is 0. The van der Waals surface area contributed by atoms with Gasteiger partial charge in [0.1, 0.15) is 5.75 Å². The molecule has 5 aromatic rings. The molecular formula is C46H57NO4Si2. The number of unbranched alkanes of at least 4 members (excludes halogenated alkanes) is 1. The molecule has 0 spiro atoms. The van der Waals surface area contributed by atoms with Crippen LogP contribution >= 0.6 is 0 Å². The Balaban J connectivity index is 1.23. The average Bonchev–Trinajstić information content (AvgIpc) is 3.16. The summed E-state index contributed by atoms with van der Waals surface area (Å²) in [6, 6.07) is 48.8. The first kappa shape index (κ1) is 39.9. The number of carbonyl (C=O) groups excluding carboxylic acids is 1. The summed E-state index contributed by atoms with van der Waals surface area (Å²) in [7, 11) is -3.15. The molecular weight excluding hydrogens is 687 g/mol. The SMILES string of the molecule is CN(CCO[Si](c1ccccc1)(c1ccccc1)C(C)(C)C)c1ccc(C=O)c(OCCCCO[Si](c2ccccc2)(c2ccccc2)C(C)(C)C)c1. The molecule has 0 unspecified atom stereocenters. The van der Waals surface area contributed by atoms with E-state index >= 15 is 0 Å². The molecule has 53 heavy (non-hydrogen) atoms. The number of anilines is 1. The van der Waals surface area contributed by atoms with Crippen LogP contribution in [0.15, 0.2) is 140 Å². The monoisotopic (exact) mass is 743 g/mol. The first-order valence-corrected chi connectivity index (χ1v) is 22.7. The van der Waals surface area contributed by atoms with Crippen LogP contribution in [-0.4, -0.2) is 56.3 Å². The van der Waals surface area contributed by atoms with E-state index in [9.17, 15) is 4.79 Å². The van der Waals surface area contributed by atoms with Gasteiger partial charge in [0.05, 0.1) is 18.8 Å². The van der Waals surface area contributed by atoms with Gasteiger partial charge in [0, 0.05) is 32.0 Å². The molecule has 0 aliphatic rings. The van der Waals surface area contributed by atoms with Gasteiger partial charge in [-0.15, -0.1) is 0 Å². The number of rotatable bonds is 17. The molecule has 0 N–H and O–H groups in total. The summed E-state index contributed by atoms with van der Waals surface area (Å²) in [6.07, 6.45) is 2.53. The molecule has 0 amide bonds. The van der Waals surface area contributed by atoms with E-state index in [2.05, 4.69) is 175 Å². The number of likely N-dealkylation sites (N-methyl/N-ethyl adjacent to an activating group) is 1. The standard InChI is InChI=1S/C46H57NO4Si2/c1-45(2,3)52(40-22-12-8-13-23-40,41-24-14-9-15-25-41)50-34-21-20-33-49-44-36-39(31-30-38(44)37-48)47(7)32-35-51-53(46(4,5)6,42-26-16-10-17-27-42)43-28-18-11-19-29-43/h8-19,22-31,36-37H,20-21,32-35H2,1-7H3. The number of nitrogens with zero attached hydrogens (tertiary/aromatic N) is 1. The molecule has 0 heterocycles. The van der Waals surface area contributed by atoms with Crippen LogP contribution in [0, 0.1) is 0 Å². The second kappa shape index (κ2) is 17.7. The maximum atomic E-state index is 12.0. The molecule has 5 aromatic carbocycles. The Morgan fingerprint density at radius 2 is 0.943 bits per heavy atom. The van der Waals surface area contributed by atoms with Gasteiger partial charge in [-0.3, -0.25) is 4.79 Å². The molecule has 0 radical (unpaired) electrons. The Hall–Kier alpha value is -4.28. The van der Waals surface area contributed by atoms with Crippen molar-refractivity contribution in [3.8, 4) is 5.75 Å². The zero-order valence-corrected chi connectivity index (χ0v) is 34.7. The van der Waals surface area contributed by atoms with E-state index in [-0.39, 0.29) is 10.1 Å². The molecule has 0 aliphatic heterocycles. The minimum Gasteiger partial charge on any atom is -0.493 e. The van der Waals surface area contributed by atoms with E-state index in [4.69, 9.17) is 13.6 Å². The molecule has 278 valence electrons. The Bertz CT molecular complexity index is 1780. The molecule has 5 rings (SSSR count). The molecule has 0 bridgehead atoms. The van der Waals surface area contributed by atoms with Crippen LogP contribution < -0.4 is 30.4 Å². The Morgan fingerprint density at radius 1 is 0.547 bits per heavy atom. The predicted molar refractivity (Wildman–Crippen MR) is 227 cm³/mol. The normalized spacial score (nSPS) is 12.4. The molecule has 5 nitrogen and oxygen atoms in total. The van der Waals surface area contributed by atoms with Gasteiger partial charge in [-0.25, -0.2) is 0 Å². The van der Waals surface area contributed by atoms with Crippen molar-refractivity contribution < 1.29 is 18.4 Å². The van der Waals surface area contributed by atoms with E-state index in [1.54, 1.807) is 0 Å². The third-order valence-electron chi connectivity index (χ3n) is 10.3. The van der Waals surface area contributed by atoms with Crippen LogP contribution in [-0.2, 0) is 8.85 Å². The van der Waals surface area contributed by atoms with Gasteiger partial charge in [-0.05, 0) is 55.8 Å². The van der Waals surface area contributed by atoms with Crippen molar-refractivity contribution in [2.75, 3.05) is 38.3 Å². The van der Waals surface area contributed by atoms with Crippen molar-refractivity contribution in [1.29, 1.82) is 0 Å². The Kier molecular flexibility index (Phi) is 13.3. The van der Waals surface area contributed by atoms with Gasteiger partial charge in [-0.2, -0.15) is 0 Å². The molecule has 0 fully saturated rings. The highest BCUT2D eigenvalue weighted by Crippen LogP contribution is 2.38. The fraction of sp³-hybridized carbons (Fsp3) is 0.326. The van der Waals surface area contributed by atoms with E-state index in [0.717, 1.165) is 24.8 Å². The minimum absolute atomic E-state index is 0.0674. The third-order valence-corrected chi connectivity index (χ3v) is 20.3. The first-order chi connectivity index (χ1) is 25.4. The molecule has 0 atom stereocenters. The van der Waals surface area contributed by atoms with Gasteiger partial charge in [0.2, 0.25) is 0 Å². The Labute approximate surface area is 320 Å². The van der Waals surface area contributed by atoms with Crippen LogP contribution in [0.1, 0.15) is 64.7 Å². The number of hydrogen-bond donors (Lipinski definition) is 0. The molecule has 0 aromatic heterocycles. The van der Waals surface area contributed by atoms with Crippen LogP contribution in [0.25, 0.3) is 0 Å². The van der Waals surface area contributed by atoms with Gasteiger partial charge in [-0.1, -0.05) is 163 Å². The van der Waals surface area contributed by atoms with Crippen molar-refractivity contribution >= 4 is 49.4 Å². The highest BCUT2D eigenvalue weighted by Gasteiger charge is 2.51. The lowest BCUT2D eigenvalue weighted by atomic mass is 10.2. The number of benzene rings is 5. The molecule has 0 saturated carbocycles. The summed E-state index contributed by atoms with van der Waals surface area (Å²) in [5.74, 6) is 0.602. The predicted octanol–water partition coefficient (Wildman–Crippen LogP) is 8.25. The summed E-state index contributed by atoms with van der Waals surface area (Å²) < 4.78 is 20.5. The maximum Gasteiger partial charge on any atom is 0.261 e. The second-order valence-corrected chi connectivity index (χ2v) is 24.5. The van der Waals surface area contributed by atoms with Gasteiger partial charge in [0.15, 0.2) is 6.29 Å². The number of ether oxygens (including phenoxy) is 1. The smallest absolute Gasteiger partial charge is 0.261 e. The maximum absolute atomic E-state index is 12.0. The zero-order chi connectivity index (χ0) is 38.0. The lowest BCUT2D eigenvalue weighted by molar-refractivity contribution is 0.111. The number of carbonyl (C=O) groups is 1.